The van der Waals surface area contributed by atoms with Crippen molar-refractivity contribution in [2.45, 2.75) is 43.9 Å². The van der Waals surface area contributed by atoms with E-state index in [0.29, 0.717) is 31.9 Å². The third-order valence-corrected chi connectivity index (χ3v) is 5.39. The van der Waals surface area contributed by atoms with E-state index in [2.05, 4.69) is 33.7 Å². The van der Waals surface area contributed by atoms with Gasteiger partial charge in [-0.3, -0.25) is 4.79 Å². The van der Waals surface area contributed by atoms with Gasteiger partial charge < -0.3 is 25.4 Å². The van der Waals surface area contributed by atoms with Crippen molar-refractivity contribution in [1.82, 2.24) is 10.6 Å². The lowest BCUT2D eigenvalue weighted by Crippen LogP contribution is -2.55. The Kier molecular flexibility index (Phi) is 4.33. The molecular weight excluding hydrogens is 306 g/mol. The summed E-state index contributed by atoms with van der Waals surface area (Å²) < 4.78 is 5.89. The van der Waals surface area contributed by atoms with Crippen LogP contribution in [-0.2, 0) is 4.79 Å². The fourth-order valence-corrected chi connectivity index (χ4v) is 4.07. The van der Waals surface area contributed by atoms with Crippen molar-refractivity contribution in [2.75, 3.05) is 31.1 Å². The van der Waals surface area contributed by atoms with E-state index in [1.54, 1.807) is 0 Å². The molecule has 3 aliphatic heterocycles. The lowest BCUT2D eigenvalue weighted by atomic mass is 9.89. The maximum atomic E-state index is 12.3. The van der Waals surface area contributed by atoms with Crippen LogP contribution in [0.4, 0.5) is 5.69 Å². The van der Waals surface area contributed by atoms with Gasteiger partial charge in [-0.05, 0) is 62.4 Å². The summed E-state index contributed by atoms with van der Waals surface area (Å²) in [5.74, 6) is 1.38. The normalized spacial score (nSPS) is 28.0. The number of ether oxygens (including phenoxy) is 1. The maximum absolute atomic E-state index is 12.3. The Hall–Kier alpha value is -1.79. The third kappa shape index (κ3) is 2.96. The highest BCUT2D eigenvalue weighted by atomic mass is 16.5. The molecule has 3 N–H and O–H groups in total. The summed E-state index contributed by atoms with van der Waals surface area (Å²) in [5.41, 5.74) is 2.33. The van der Waals surface area contributed by atoms with E-state index >= 15 is 0 Å². The highest BCUT2D eigenvalue weighted by Gasteiger charge is 2.34. The zero-order chi connectivity index (χ0) is 16.5. The lowest BCUT2D eigenvalue weighted by Gasteiger charge is -2.39. The van der Waals surface area contributed by atoms with Crippen LogP contribution in [0.1, 0.15) is 37.2 Å². The highest BCUT2D eigenvalue weighted by molar-refractivity contribution is 5.87. The maximum Gasteiger partial charge on any atom is 0.244 e. The molecule has 2 fully saturated rings. The number of fused-ring (bicyclic) bond motifs is 1. The first-order chi connectivity index (χ1) is 11.7. The van der Waals surface area contributed by atoms with Crippen molar-refractivity contribution in [3.05, 3.63) is 23.8 Å². The molecule has 2 saturated heterocycles. The van der Waals surface area contributed by atoms with Crippen LogP contribution in [0.2, 0.25) is 0 Å². The molecule has 0 spiro atoms. The molecule has 6 nitrogen and oxygen atoms in total. The van der Waals surface area contributed by atoms with Gasteiger partial charge in [0.05, 0.1) is 12.2 Å². The lowest BCUT2D eigenvalue weighted by molar-refractivity contribution is -0.128. The Labute approximate surface area is 142 Å². The molecule has 4 rings (SSSR count). The van der Waals surface area contributed by atoms with E-state index in [4.69, 9.17) is 4.74 Å². The number of nitrogens with one attached hydrogen (secondary N) is 2. The Morgan fingerprint density at radius 2 is 2.00 bits per heavy atom. The molecule has 2 unspecified atom stereocenters. The molecule has 130 valence electrons. The van der Waals surface area contributed by atoms with Gasteiger partial charge in [0.2, 0.25) is 5.91 Å². The van der Waals surface area contributed by atoms with Gasteiger partial charge in [-0.15, -0.1) is 0 Å². The second kappa shape index (κ2) is 6.61. The van der Waals surface area contributed by atoms with Crippen molar-refractivity contribution in [3.8, 4) is 5.75 Å². The number of carbonyl (C=O) groups excluding carboxylic acids is 1. The van der Waals surface area contributed by atoms with Crippen molar-refractivity contribution >= 4 is 11.6 Å². The number of anilines is 1. The number of nitrogens with zero attached hydrogens (tertiary/aromatic N) is 1. The van der Waals surface area contributed by atoms with Gasteiger partial charge in [-0.2, -0.15) is 0 Å². The minimum absolute atomic E-state index is 0.0935. The average molecular weight is 331 g/mol. The number of hydrogen-bond acceptors (Lipinski definition) is 5. The van der Waals surface area contributed by atoms with E-state index < -0.39 is 6.23 Å². The van der Waals surface area contributed by atoms with Crippen LogP contribution in [0.25, 0.3) is 0 Å². The summed E-state index contributed by atoms with van der Waals surface area (Å²) in [7, 11) is 0. The van der Waals surface area contributed by atoms with Crippen LogP contribution in [0.3, 0.4) is 0 Å². The van der Waals surface area contributed by atoms with Crippen molar-refractivity contribution in [2.24, 2.45) is 0 Å². The molecule has 6 heteroatoms. The number of amides is 1. The van der Waals surface area contributed by atoms with Crippen LogP contribution >= 0.6 is 0 Å². The number of aliphatic hydroxyl groups excluding tert-OH is 1. The molecule has 1 amide bonds. The fraction of sp³-hybridized carbons (Fsp3) is 0.611. The second-order valence-corrected chi connectivity index (χ2v) is 6.91. The summed E-state index contributed by atoms with van der Waals surface area (Å²) in [4.78, 5) is 14.4. The number of piperidine rings is 2. The summed E-state index contributed by atoms with van der Waals surface area (Å²) in [6.45, 7) is 3.43. The minimum Gasteiger partial charge on any atom is -0.490 e. The van der Waals surface area contributed by atoms with Gasteiger partial charge in [0.25, 0.3) is 0 Å². The van der Waals surface area contributed by atoms with Gasteiger partial charge in [-0.25, -0.2) is 0 Å². The van der Waals surface area contributed by atoms with Crippen LogP contribution < -0.4 is 20.3 Å². The third-order valence-electron chi connectivity index (χ3n) is 5.39. The first kappa shape index (κ1) is 15.7. The fourth-order valence-electron chi connectivity index (χ4n) is 4.07. The standard InChI is InChI=1S/C18H25N3O3/c22-17-4-3-15(18(23)20-17)21-9-10-24-16-11-13(1-2-14(16)21)12-5-7-19-8-6-12/h1-2,11-12,15,17,19,22H,3-10H2,(H,20,23). The van der Waals surface area contributed by atoms with E-state index in [0.717, 1.165) is 37.4 Å². The number of aliphatic hydroxyl groups is 1. The van der Waals surface area contributed by atoms with Crippen LogP contribution in [0.15, 0.2) is 18.2 Å². The van der Waals surface area contributed by atoms with E-state index in [1.165, 1.54) is 5.56 Å². The zero-order valence-electron chi connectivity index (χ0n) is 13.8. The topological polar surface area (TPSA) is 73.8 Å². The van der Waals surface area contributed by atoms with Gasteiger partial charge in [0.15, 0.2) is 0 Å². The number of carbonyl (C=O) groups is 1. The summed E-state index contributed by atoms with van der Waals surface area (Å²) in [6, 6.07) is 6.23. The van der Waals surface area contributed by atoms with Crippen molar-refractivity contribution in [3.63, 3.8) is 0 Å². The molecule has 24 heavy (non-hydrogen) atoms. The zero-order valence-corrected chi connectivity index (χ0v) is 13.8. The molecule has 0 saturated carbocycles. The second-order valence-electron chi connectivity index (χ2n) is 6.91. The minimum atomic E-state index is -0.712. The molecule has 0 bridgehead atoms. The predicted molar refractivity (Wildman–Crippen MR) is 91.3 cm³/mol. The largest absolute Gasteiger partial charge is 0.490 e. The Morgan fingerprint density at radius 1 is 1.17 bits per heavy atom. The van der Waals surface area contributed by atoms with Gasteiger partial charge >= 0.3 is 0 Å². The molecule has 0 aromatic heterocycles. The van der Waals surface area contributed by atoms with E-state index in [1.807, 2.05) is 0 Å². The SMILES string of the molecule is O=C1NC(O)CCC1N1CCOc2cc(C3CCNCC3)ccc21. The Balaban J connectivity index is 1.57. The summed E-state index contributed by atoms with van der Waals surface area (Å²) in [6.07, 6.45) is 2.87. The smallest absolute Gasteiger partial charge is 0.244 e. The van der Waals surface area contributed by atoms with E-state index in [9.17, 15) is 9.90 Å². The molecule has 1 aromatic rings. The van der Waals surface area contributed by atoms with Crippen molar-refractivity contribution < 1.29 is 14.6 Å². The quantitative estimate of drug-likeness (QED) is 0.752. The average Bonchev–Trinajstić information content (AvgIpc) is 2.62. The first-order valence-corrected chi connectivity index (χ1v) is 8.95. The van der Waals surface area contributed by atoms with Crippen molar-refractivity contribution in [1.29, 1.82) is 0 Å². The van der Waals surface area contributed by atoms with Crippen LogP contribution in [-0.4, -0.2) is 49.5 Å². The van der Waals surface area contributed by atoms with Gasteiger partial charge in [0, 0.05) is 0 Å². The van der Waals surface area contributed by atoms with Gasteiger partial charge in [0.1, 0.15) is 24.6 Å². The molecule has 0 aliphatic carbocycles. The molecule has 3 heterocycles. The van der Waals surface area contributed by atoms with Gasteiger partial charge in [-0.1, -0.05) is 6.07 Å². The predicted octanol–water partition coefficient (Wildman–Crippen LogP) is 0.949. The number of rotatable bonds is 2. The molecular formula is C18H25N3O3. The molecule has 2 atom stereocenters. The Morgan fingerprint density at radius 3 is 2.79 bits per heavy atom. The van der Waals surface area contributed by atoms with Crippen LogP contribution in [0, 0.1) is 0 Å². The monoisotopic (exact) mass is 331 g/mol. The van der Waals surface area contributed by atoms with E-state index in [-0.39, 0.29) is 11.9 Å². The highest BCUT2D eigenvalue weighted by Crippen LogP contribution is 2.38. The number of benzene rings is 1. The molecule has 3 aliphatic rings. The Bertz CT molecular complexity index is 616. The first-order valence-electron chi connectivity index (χ1n) is 8.95. The molecule has 1 aromatic carbocycles. The molecule has 0 radical (unpaired) electrons. The number of hydrogen-bond donors (Lipinski definition) is 3. The summed E-state index contributed by atoms with van der Waals surface area (Å²) in [5, 5.41) is 15.6. The van der Waals surface area contributed by atoms with Crippen LogP contribution in [0.5, 0.6) is 5.75 Å². The summed E-state index contributed by atoms with van der Waals surface area (Å²) >= 11 is 0.